The van der Waals surface area contributed by atoms with E-state index in [1.165, 1.54) is 0 Å². The molecule has 0 spiro atoms. The van der Waals surface area contributed by atoms with Crippen LogP contribution in [0.2, 0.25) is 0 Å². The monoisotopic (exact) mass is 1800 g/mol. The number of hydrogen-bond acceptors (Lipinski definition) is 45. The van der Waals surface area contributed by atoms with Crippen LogP contribution in [0.1, 0.15) is 19.3 Å². The Hall–Kier alpha value is -15.6. The third kappa shape index (κ3) is 22.5. The number of likely N-dealkylation sites (tertiary alicyclic amines) is 2. The second-order valence-electron chi connectivity index (χ2n) is 32.2. The van der Waals surface area contributed by atoms with Gasteiger partial charge in [0.2, 0.25) is 23.7 Å². The first-order valence-corrected chi connectivity index (χ1v) is 41.6. The molecule has 51 heteroatoms. The molecule has 0 aromatic carbocycles. The molecule has 51 nitrogen and oxygen atoms in total. The molecule has 0 aliphatic carbocycles. The predicted molar refractivity (Wildman–Crippen MR) is 522 cm³/mol. The minimum atomic E-state index is -0.324. The molecule has 0 radical (unpaired) electrons. The maximum atomic E-state index is 7.57. The van der Waals surface area contributed by atoms with Gasteiger partial charge in [0, 0.05) is 171 Å². The first-order chi connectivity index (χ1) is 62.4. The molecule has 3 unspecified atom stereocenters. The number of likely N-dealkylation sites (N-methyl/N-ethyl adjacent to an activating group) is 4. The van der Waals surface area contributed by atoms with Crippen molar-refractivity contribution in [3.63, 3.8) is 0 Å². The summed E-state index contributed by atoms with van der Waals surface area (Å²) in [7, 11) is 27.6. The fraction of sp³-hybridized carbons (Fsp3) is 0.400. The predicted octanol–water partition coefficient (Wildman–Crippen LogP) is -0.125. The molecule has 17 heterocycles. The van der Waals surface area contributed by atoms with Crippen molar-refractivity contribution in [2.24, 2.45) is 57.9 Å². The molecule has 4 fully saturated rings. The summed E-state index contributed by atoms with van der Waals surface area (Å²) in [5.74, 6) is 6.77. The number of fused-ring (bicyclic) bond motifs is 3. The van der Waals surface area contributed by atoms with Gasteiger partial charge in [0.15, 0.2) is 87.2 Å². The van der Waals surface area contributed by atoms with Gasteiger partial charge < -0.3 is 149 Å². The number of piperazine rings is 2. The van der Waals surface area contributed by atoms with Gasteiger partial charge in [-0.15, -0.1) is 0 Å². The summed E-state index contributed by atoms with van der Waals surface area (Å²) in [6, 6.07) is 11.9. The number of nitrogen functional groups attached to an aromatic ring is 10. The Bertz CT molecular complexity index is 5980. The quantitative estimate of drug-likeness (QED) is 0.0674. The Morgan fingerprint density at radius 3 is 1.44 bits per heavy atom. The van der Waals surface area contributed by atoms with Crippen LogP contribution in [0.5, 0.6) is 5.88 Å². The van der Waals surface area contributed by atoms with Crippen LogP contribution in [0.4, 0.5) is 116 Å². The number of pyridine rings is 2. The maximum Gasteiger partial charge on any atom is 0.245 e. The minimum Gasteiger partial charge on any atom is -0.481 e. The zero-order valence-electron chi connectivity index (χ0n) is 76.1. The summed E-state index contributed by atoms with van der Waals surface area (Å²) in [5.41, 5.74) is 88.5. The molecule has 7 aliphatic heterocycles. The Morgan fingerprint density at radius 2 is 0.947 bits per heavy atom. The summed E-state index contributed by atoms with van der Waals surface area (Å²) in [6.45, 7) is 10.9. The van der Waals surface area contributed by atoms with Gasteiger partial charge in [-0.1, -0.05) is 6.08 Å². The number of nitrogens with one attached hydrogen (secondary N) is 2. The fourth-order valence-corrected chi connectivity index (χ4v) is 14.5. The third-order valence-electron chi connectivity index (χ3n) is 21.8. The number of anilines is 17. The number of nitrogens with two attached hydrogens (primary N) is 14. The number of ether oxygens (including phenoxy) is 2. The van der Waals surface area contributed by atoms with E-state index in [0.717, 1.165) is 133 Å². The van der Waals surface area contributed by atoms with E-state index in [2.05, 4.69) is 162 Å². The lowest BCUT2D eigenvalue weighted by Crippen LogP contribution is -2.45. The molecule has 0 bridgehead atoms. The Kier molecular flexibility index (Phi) is 29.9. The molecule has 17 rings (SSSR count). The number of rotatable bonds is 14. The van der Waals surface area contributed by atoms with Gasteiger partial charge in [0.1, 0.15) is 63.1 Å². The van der Waals surface area contributed by atoms with E-state index in [4.69, 9.17) is 115 Å². The molecule has 3 atom stereocenters. The lowest BCUT2D eigenvalue weighted by molar-refractivity contribution is 0.110. The van der Waals surface area contributed by atoms with E-state index in [1.807, 2.05) is 93.4 Å². The molecule has 4 saturated heterocycles. The van der Waals surface area contributed by atoms with Gasteiger partial charge in [-0.3, -0.25) is 5.41 Å². The SMILES string of the molecule is CN(C)c1ccnc2c(N)cnn12.CN(C)c1ccnc2c(N=C3C=C(N)C(N4CCC(N(C)C)C4)=NC3=Nc3cnn4c(N(C)C)ccnc34)cnn12.CN1CCN(c2nc(Nc3c(N)nc(N)nc3N)c(N=C3C(N)=NC(=N)N=C3N)cc2N)CC1.COC1CC=C(N)C(N2CCC(N(C)C)C2)=N1.COc1ccc(N)c(N2CCN(C)CC2)n1.Nc1nc(N)c(N)c(N)n1. The average Bonchev–Trinajstić information content (AvgIpc) is 1.65. The lowest BCUT2D eigenvalue weighted by Gasteiger charge is -2.34. The van der Waals surface area contributed by atoms with E-state index >= 15 is 0 Å². The number of aromatic nitrogens is 15. The number of aliphatic imine (C=N–C) groups is 7. The molecule has 0 amide bonds. The second-order valence-corrected chi connectivity index (χ2v) is 32.2. The highest BCUT2D eigenvalue weighted by atomic mass is 16.5. The minimum absolute atomic E-state index is 0.0247. The molecule has 30 N–H and O–H groups in total. The number of amidine groups is 5. The van der Waals surface area contributed by atoms with Gasteiger partial charge in [0.25, 0.3) is 0 Å². The Labute approximate surface area is 756 Å². The van der Waals surface area contributed by atoms with Gasteiger partial charge in [-0.2, -0.15) is 63.7 Å². The van der Waals surface area contributed by atoms with Crippen molar-refractivity contribution in [3.8, 4) is 5.88 Å². The van der Waals surface area contributed by atoms with Crippen molar-refractivity contribution in [3.05, 3.63) is 97.1 Å². The highest BCUT2D eigenvalue weighted by Gasteiger charge is 2.33. The molecule has 0 saturated carbocycles. The van der Waals surface area contributed by atoms with Crippen molar-refractivity contribution in [2.45, 2.75) is 37.6 Å². The van der Waals surface area contributed by atoms with Crippen LogP contribution in [0.3, 0.4) is 0 Å². The van der Waals surface area contributed by atoms with Crippen LogP contribution in [-0.2, 0) is 4.74 Å². The molecule has 696 valence electrons. The maximum absolute atomic E-state index is 7.57. The summed E-state index contributed by atoms with van der Waals surface area (Å²) >= 11 is 0. The zero-order chi connectivity index (χ0) is 94.5. The molecule has 10 aromatic heterocycles. The van der Waals surface area contributed by atoms with Crippen molar-refractivity contribution in [1.29, 1.82) is 5.41 Å². The van der Waals surface area contributed by atoms with Crippen molar-refractivity contribution in [2.75, 3.05) is 264 Å². The second kappa shape index (κ2) is 41.4. The Balaban J connectivity index is 0.000000153. The lowest BCUT2D eigenvalue weighted by atomic mass is 10.2. The van der Waals surface area contributed by atoms with Gasteiger partial charge in [0.05, 0.1) is 54.2 Å². The highest BCUT2D eigenvalue weighted by Crippen LogP contribution is 2.38. The van der Waals surface area contributed by atoms with Crippen LogP contribution in [-0.4, -0.2) is 345 Å². The smallest absolute Gasteiger partial charge is 0.245 e. The first kappa shape index (κ1) is 94.5. The normalized spacial score (nSPS) is 18.2. The van der Waals surface area contributed by atoms with E-state index in [9.17, 15) is 0 Å². The Morgan fingerprint density at radius 1 is 0.473 bits per heavy atom. The summed E-state index contributed by atoms with van der Waals surface area (Å²) in [5, 5.41) is 23.8. The molecular weight excluding hydrogens is 1680 g/mol. The number of nitrogens with zero attached hydrogens (tertiary/aromatic N) is 33. The van der Waals surface area contributed by atoms with Gasteiger partial charge in [-0.25, -0.2) is 44.9 Å². The van der Waals surface area contributed by atoms with Gasteiger partial charge in [-0.05, 0) is 91.5 Å². The van der Waals surface area contributed by atoms with E-state index in [-0.39, 0.29) is 87.6 Å². The molecular formula is C80H119N49O2. The van der Waals surface area contributed by atoms with Crippen LogP contribution < -0.4 is 115 Å². The van der Waals surface area contributed by atoms with Crippen molar-refractivity contribution in [1.82, 2.24) is 103 Å². The molecule has 7 aliphatic rings. The van der Waals surface area contributed by atoms with Crippen LogP contribution in [0, 0.1) is 5.41 Å². The van der Waals surface area contributed by atoms with Gasteiger partial charge >= 0.3 is 0 Å². The molecule has 10 aromatic rings. The van der Waals surface area contributed by atoms with Crippen molar-refractivity contribution >= 4 is 179 Å². The molecule has 131 heavy (non-hydrogen) atoms. The topological polar surface area (TPSA) is 709 Å². The summed E-state index contributed by atoms with van der Waals surface area (Å²) < 4.78 is 15.6. The number of hydrogen-bond donors (Lipinski definition) is 16. The van der Waals surface area contributed by atoms with E-state index in [0.29, 0.717) is 92.2 Å². The summed E-state index contributed by atoms with van der Waals surface area (Å²) in [6.07, 6.45) is 16.9. The van der Waals surface area contributed by atoms with E-state index < -0.39 is 0 Å². The van der Waals surface area contributed by atoms with Crippen molar-refractivity contribution < 1.29 is 9.47 Å². The average molecular weight is 1800 g/mol. The number of guanidine groups is 1. The van der Waals surface area contributed by atoms with Crippen LogP contribution >= 0.6 is 0 Å². The summed E-state index contributed by atoms with van der Waals surface area (Å²) in [4.78, 5) is 92.5. The largest absolute Gasteiger partial charge is 0.481 e. The first-order valence-electron chi connectivity index (χ1n) is 41.6. The number of methoxy groups -OCH3 is 2. The standard InChI is InChI=1S/C27H34N14.C18H26N16.C12H22N4O.C11H18N4O.C8H11N5.C4H8N6/c1-36(2)17-9-12-39(16-17)25-18(28)13-19(33-20-14-31-40-22(37(3)4)7-10-29-26(20)40)24(35-25)34-21-15-32-41-23(38(5)6)8-11-30-27(21)41;1-33-2-4-34(5-3-33)16-7(19)6-8(26-9-11(20)28-17(24)29-12(9)21)15(32-16)27-10-13(22)30-18(25)31-14(10)23;1-15(2)9-6-7-16(8-9)12-10(13)4-5-11(14-12)17-3;1-14-5-7-15(8-6-14)11-9(12)3-4-10(13-11)16-2;1-12(2)7-3-4-10-8-6(9)5-11-13(7)8;5-1-2(6)9-4(8)10-3(1)7/h7-8,10-11,13-15,17H,9,12,16,28H2,1-6H3;6H,2-5,19H2,1H3,(H,27,32)(H5,20,21,24,28,29)(H6,22,23,25,30,31);4,9,11H,5-8,13H2,1-3H3;3-4H,5-8,12H2,1-2H3;3-5H,9H2,1-2H3;5H2,(H6,6,7,8,9,10). The number of dihydropyridines is 2. The highest BCUT2D eigenvalue weighted by molar-refractivity contribution is 6.69. The van der Waals surface area contributed by atoms with E-state index in [1.54, 1.807) is 77.1 Å². The fourth-order valence-electron chi connectivity index (χ4n) is 14.5. The van der Waals surface area contributed by atoms with Crippen LogP contribution in [0.25, 0.3) is 16.9 Å². The zero-order valence-corrected chi connectivity index (χ0v) is 76.1. The third-order valence-corrected chi connectivity index (χ3v) is 21.8. The van der Waals surface area contributed by atoms with Crippen LogP contribution in [0.15, 0.2) is 132 Å².